The van der Waals surface area contributed by atoms with E-state index in [2.05, 4.69) is 27.3 Å². The first kappa shape index (κ1) is 11.4. The van der Waals surface area contributed by atoms with Crippen molar-refractivity contribution in [2.45, 2.75) is 6.42 Å². The number of anilines is 1. The molecule has 1 aliphatic heterocycles. The Balaban J connectivity index is 2.02. The van der Waals surface area contributed by atoms with E-state index in [-0.39, 0.29) is 0 Å². The molecule has 16 heavy (non-hydrogen) atoms. The van der Waals surface area contributed by atoms with Crippen LogP contribution < -0.4 is 5.32 Å². The topological polar surface area (TPSA) is 45.0 Å². The van der Waals surface area contributed by atoms with Crippen molar-refractivity contribution in [3.05, 3.63) is 28.2 Å². The van der Waals surface area contributed by atoms with Gasteiger partial charge in [-0.3, -0.25) is 0 Å². The van der Waals surface area contributed by atoms with Gasteiger partial charge in [-0.05, 0) is 24.6 Å². The SMILES string of the molecule is N#Cc1ccc(Br)cc1NCC1CCOC1. The average Bonchev–Trinajstić information content (AvgIpc) is 2.79. The Labute approximate surface area is 104 Å². The number of hydrogen-bond donors (Lipinski definition) is 1. The molecule has 0 aromatic heterocycles. The van der Waals surface area contributed by atoms with Crippen LogP contribution in [0.25, 0.3) is 0 Å². The fourth-order valence-corrected chi connectivity index (χ4v) is 2.12. The first-order chi connectivity index (χ1) is 7.79. The Morgan fingerprint density at radius 1 is 1.56 bits per heavy atom. The van der Waals surface area contributed by atoms with Gasteiger partial charge in [0.25, 0.3) is 0 Å². The maximum Gasteiger partial charge on any atom is 0.101 e. The summed E-state index contributed by atoms with van der Waals surface area (Å²) < 4.78 is 6.29. The third-order valence-electron chi connectivity index (χ3n) is 2.71. The molecule has 1 aliphatic rings. The Hall–Kier alpha value is -1.05. The third kappa shape index (κ3) is 2.75. The second-order valence-corrected chi connectivity index (χ2v) is 4.83. The number of nitriles is 1. The fourth-order valence-electron chi connectivity index (χ4n) is 1.76. The van der Waals surface area contributed by atoms with Crippen LogP contribution in [0.4, 0.5) is 5.69 Å². The van der Waals surface area contributed by atoms with Crippen molar-refractivity contribution in [1.82, 2.24) is 0 Å². The number of nitrogens with zero attached hydrogens (tertiary/aromatic N) is 1. The number of halogens is 1. The molecule has 2 rings (SSSR count). The van der Waals surface area contributed by atoms with Crippen LogP contribution in [0, 0.1) is 17.2 Å². The molecule has 0 aliphatic carbocycles. The van der Waals surface area contributed by atoms with Crippen molar-refractivity contribution in [2.75, 3.05) is 25.1 Å². The molecule has 0 bridgehead atoms. The van der Waals surface area contributed by atoms with Crippen molar-refractivity contribution in [3.63, 3.8) is 0 Å². The minimum absolute atomic E-state index is 0.561. The molecule has 1 atom stereocenters. The molecular weight excluding hydrogens is 268 g/mol. The molecule has 1 saturated heterocycles. The summed E-state index contributed by atoms with van der Waals surface area (Å²) in [5, 5.41) is 12.3. The summed E-state index contributed by atoms with van der Waals surface area (Å²) in [5.74, 6) is 0.561. The zero-order valence-corrected chi connectivity index (χ0v) is 10.5. The van der Waals surface area contributed by atoms with Crippen molar-refractivity contribution in [2.24, 2.45) is 5.92 Å². The molecule has 1 aromatic rings. The zero-order valence-electron chi connectivity index (χ0n) is 8.87. The highest BCUT2D eigenvalue weighted by Gasteiger charge is 2.15. The summed E-state index contributed by atoms with van der Waals surface area (Å²) in [6, 6.07) is 7.82. The van der Waals surface area contributed by atoms with Gasteiger partial charge in [-0.15, -0.1) is 0 Å². The van der Waals surface area contributed by atoms with E-state index in [9.17, 15) is 0 Å². The van der Waals surface area contributed by atoms with Gasteiger partial charge in [0.2, 0.25) is 0 Å². The van der Waals surface area contributed by atoms with Gasteiger partial charge in [0.1, 0.15) is 6.07 Å². The number of nitrogens with one attached hydrogen (secondary N) is 1. The monoisotopic (exact) mass is 280 g/mol. The molecule has 1 unspecified atom stereocenters. The number of ether oxygens (including phenoxy) is 1. The van der Waals surface area contributed by atoms with E-state index >= 15 is 0 Å². The smallest absolute Gasteiger partial charge is 0.101 e. The van der Waals surface area contributed by atoms with Gasteiger partial charge in [-0.25, -0.2) is 0 Å². The summed E-state index contributed by atoms with van der Waals surface area (Å²) in [6.07, 6.45) is 1.10. The van der Waals surface area contributed by atoms with E-state index in [1.165, 1.54) is 0 Å². The first-order valence-electron chi connectivity index (χ1n) is 5.31. The van der Waals surface area contributed by atoms with Crippen molar-refractivity contribution in [1.29, 1.82) is 5.26 Å². The van der Waals surface area contributed by atoms with E-state index in [0.717, 1.165) is 36.3 Å². The number of hydrogen-bond acceptors (Lipinski definition) is 3. The summed E-state index contributed by atoms with van der Waals surface area (Å²) in [7, 11) is 0. The minimum Gasteiger partial charge on any atom is -0.384 e. The van der Waals surface area contributed by atoms with Gasteiger partial charge in [0, 0.05) is 23.5 Å². The van der Waals surface area contributed by atoms with Gasteiger partial charge in [-0.2, -0.15) is 5.26 Å². The normalized spacial score (nSPS) is 19.4. The van der Waals surface area contributed by atoms with Gasteiger partial charge >= 0.3 is 0 Å². The molecule has 1 aromatic carbocycles. The maximum absolute atomic E-state index is 8.97. The van der Waals surface area contributed by atoms with E-state index in [1.54, 1.807) is 0 Å². The van der Waals surface area contributed by atoms with Crippen molar-refractivity contribution >= 4 is 21.6 Å². The molecule has 3 nitrogen and oxygen atoms in total. The molecular formula is C12H13BrN2O. The van der Waals surface area contributed by atoms with Crippen molar-refractivity contribution in [3.8, 4) is 6.07 Å². The van der Waals surface area contributed by atoms with Crippen LogP contribution in [0.3, 0.4) is 0 Å². The van der Waals surface area contributed by atoms with Crippen LogP contribution in [0.2, 0.25) is 0 Å². The Morgan fingerprint density at radius 2 is 2.44 bits per heavy atom. The third-order valence-corrected chi connectivity index (χ3v) is 3.20. The largest absolute Gasteiger partial charge is 0.384 e. The van der Waals surface area contributed by atoms with Gasteiger partial charge in [-0.1, -0.05) is 15.9 Å². The molecule has 0 radical (unpaired) electrons. The van der Waals surface area contributed by atoms with Crippen LogP contribution in [0.15, 0.2) is 22.7 Å². The van der Waals surface area contributed by atoms with Crippen LogP contribution in [-0.4, -0.2) is 19.8 Å². The highest BCUT2D eigenvalue weighted by molar-refractivity contribution is 9.10. The lowest BCUT2D eigenvalue weighted by Gasteiger charge is -2.12. The Bertz CT molecular complexity index is 408. The lowest BCUT2D eigenvalue weighted by atomic mass is 10.1. The first-order valence-corrected chi connectivity index (χ1v) is 6.10. The lowest BCUT2D eigenvalue weighted by molar-refractivity contribution is 0.187. The maximum atomic E-state index is 8.97. The molecule has 84 valence electrons. The summed E-state index contributed by atoms with van der Waals surface area (Å²) in [4.78, 5) is 0. The van der Waals surface area contributed by atoms with E-state index in [1.807, 2.05) is 18.2 Å². The van der Waals surface area contributed by atoms with Crippen molar-refractivity contribution < 1.29 is 4.74 Å². The van der Waals surface area contributed by atoms with E-state index in [4.69, 9.17) is 10.00 Å². The molecule has 1 heterocycles. The Kier molecular flexibility index (Phi) is 3.81. The molecule has 0 saturated carbocycles. The van der Waals surface area contributed by atoms with Crippen LogP contribution in [0.5, 0.6) is 0 Å². The molecule has 1 fully saturated rings. The number of benzene rings is 1. The highest BCUT2D eigenvalue weighted by atomic mass is 79.9. The predicted octanol–water partition coefficient (Wildman–Crippen LogP) is 2.77. The molecule has 0 amide bonds. The van der Waals surface area contributed by atoms with E-state index < -0.39 is 0 Å². The highest BCUT2D eigenvalue weighted by Crippen LogP contribution is 2.22. The zero-order chi connectivity index (χ0) is 11.4. The fraction of sp³-hybridized carbons (Fsp3) is 0.417. The van der Waals surface area contributed by atoms with E-state index in [0.29, 0.717) is 11.5 Å². The van der Waals surface area contributed by atoms with Crippen LogP contribution >= 0.6 is 15.9 Å². The summed E-state index contributed by atoms with van der Waals surface area (Å²) >= 11 is 3.40. The van der Waals surface area contributed by atoms with Gasteiger partial charge < -0.3 is 10.1 Å². The summed E-state index contributed by atoms with van der Waals surface area (Å²) in [6.45, 7) is 2.55. The second-order valence-electron chi connectivity index (χ2n) is 3.91. The quantitative estimate of drug-likeness (QED) is 0.926. The van der Waals surface area contributed by atoms with Crippen LogP contribution in [0.1, 0.15) is 12.0 Å². The second kappa shape index (κ2) is 5.33. The predicted molar refractivity (Wildman–Crippen MR) is 66.3 cm³/mol. The van der Waals surface area contributed by atoms with Crippen LogP contribution in [-0.2, 0) is 4.74 Å². The summed E-state index contributed by atoms with van der Waals surface area (Å²) in [5.41, 5.74) is 1.57. The molecule has 4 heteroatoms. The van der Waals surface area contributed by atoms with Gasteiger partial charge in [0.05, 0.1) is 17.9 Å². The average molecular weight is 281 g/mol. The Morgan fingerprint density at radius 3 is 3.12 bits per heavy atom. The molecule has 0 spiro atoms. The lowest BCUT2D eigenvalue weighted by Crippen LogP contribution is -2.14. The number of rotatable bonds is 3. The minimum atomic E-state index is 0.561. The molecule has 1 N–H and O–H groups in total. The standard InChI is InChI=1S/C12H13BrN2O/c13-11-2-1-10(6-14)12(5-11)15-7-9-3-4-16-8-9/h1-2,5,9,15H,3-4,7-8H2. The van der Waals surface area contributed by atoms with Gasteiger partial charge in [0.15, 0.2) is 0 Å².